The second kappa shape index (κ2) is 10.7. The SMILES string of the molecule is O=C(O)c1ccnc(-c2cc(C(=O)O)ccn2)c1.[Ni].[OH2+]C1CCCCC1[OH2+]. The second-order valence-corrected chi connectivity index (χ2v) is 5.97. The number of rotatable bonds is 3. The molecule has 8 nitrogen and oxygen atoms in total. The molecule has 0 aromatic carbocycles. The zero-order chi connectivity index (χ0) is 19.1. The fourth-order valence-corrected chi connectivity index (χ4v) is 2.54. The molecular formula is C18H22N2NiO6+2. The molecule has 0 aliphatic heterocycles. The van der Waals surface area contributed by atoms with Gasteiger partial charge in [0.25, 0.3) is 0 Å². The number of carboxylic acid groups (broad SMARTS) is 2. The van der Waals surface area contributed by atoms with Crippen LogP contribution in [-0.4, -0.2) is 54.5 Å². The average molecular weight is 421 g/mol. The van der Waals surface area contributed by atoms with E-state index in [1.807, 2.05) is 0 Å². The summed E-state index contributed by atoms with van der Waals surface area (Å²) in [6, 6.07) is 5.40. The summed E-state index contributed by atoms with van der Waals surface area (Å²) in [5.41, 5.74) is 0.779. The fraction of sp³-hybridized carbons (Fsp3) is 0.333. The molecule has 1 saturated carbocycles. The Bertz CT molecular complexity index is 720. The van der Waals surface area contributed by atoms with Crippen molar-refractivity contribution in [3.8, 4) is 11.4 Å². The van der Waals surface area contributed by atoms with Crippen molar-refractivity contribution >= 4 is 11.9 Å². The summed E-state index contributed by atoms with van der Waals surface area (Å²) in [6.45, 7) is 0. The Labute approximate surface area is 165 Å². The Morgan fingerprint density at radius 1 is 0.852 bits per heavy atom. The number of hydrogen-bond donors (Lipinski definition) is 2. The molecule has 9 heteroatoms. The molecule has 2 atom stereocenters. The van der Waals surface area contributed by atoms with Crippen LogP contribution in [0.1, 0.15) is 46.4 Å². The summed E-state index contributed by atoms with van der Waals surface area (Å²) in [6.07, 6.45) is 6.77. The Morgan fingerprint density at radius 2 is 1.22 bits per heavy atom. The molecule has 3 rings (SSSR count). The van der Waals surface area contributed by atoms with Gasteiger partial charge in [0.05, 0.1) is 22.5 Å². The van der Waals surface area contributed by atoms with E-state index in [0.717, 1.165) is 12.8 Å². The predicted molar refractivity (Wildman–Crippen MR) is 94.7 cm³/mol. The third-order valence-electron chi connectivity index (χ3n) is 4.04. The summed E-state index contributed by atoms with van der Waals surface area (Å²) in [5.74, 6) is -2.15. The van der Waals surface area contributed by atoms with Crippen LogP contribution in [0.4, 0.5) is 0 Å². The first-order valence-electron chi connectivity index (χ1n) is 8.19. The van der Waals surface area contributed by atoms with E-state index in [2.05, 4.69) is 9.97 Å². The third kappa shape index (κ3) is 6.71. The summed E-state index contributed by atoms with van der Waals surface area (Å²) in [4.78, 5) is 29.6. The first kappa shape index (κ1) is 22.7. The molecule has 6 N–H and O–H groups in total. The van der Waals surface area contributed by atoms with Crippen LogP contribution in [0.2, 0.25) is 0 Å². The molecule has 0 saturated heterocycles. The van der Waals surface area contributed by atoms with Crippen molar-refractivity contribution in [1.82, 2.24) is 9.97 Å². The van der Waals surface area contributed by atoms with Crippen LogP contribution >= 0.6 is 0 Å². The zero-order valence-corrected chi connectivity index (χ0v) is 15.4. The molecule has 148 valence electrons. The minimum absolute atomic E-state index is 0. The van der Waals surface area contributed by atoms with E-state index >= 15 is 0 Å². The van der Waals surface area contributed by atoms with Gasteiger partial charge in [-0.05, 0) is 37.1 Å². The number of nitrogens with zero attached hydrogens (tertiary/aromatic N) is 2. The quantitative estimate of drug-likeness (QED) is 0.564. The van der Waals surface area contributed by atoms with Gasteiger partial charge >= 0.3 is 11.9 Å². The molecule has 0 bridgehead atoms. The van der Waals surface area contributed by atoms with E-state index in [-0.39, 0.29) is 39.8 Å². The average Bonchev–Trinajstić information content (AvgIpc) is 2.65. The van der Waals surface area contributed by atoms with Crippen LogP contribution in [-0.2, 0) is 16.5 Å². The smallest absolute Gasteiger partial charge is 0.335 e. The van der Waals surface area contributed by atoms with Gasteiger partial charge in [0.2, 0.25) is 12.2 Å². The maximum atomic E-state index is 10.8. The molecule has 1 aliphatic rings. The number of aromatic nitrogens is 2. The minimum atomic E-state index is -1.08. The van der Waals surface area contributed by atoms with Gasteiger partial charge in [0.15, 0.2) is 0 Å². The van der Waals surface area contributed by atoms with Crippen LogP contribution in [0.15, 0.2) is 36.7 Å². The molecule has 2 aromatic heterocycles. The number of pyridine rings is 2. The van der Waals surface area contributed by atoms with Crippen LogP contribution < -0.4 is 0 Å². The van der Waals surface area contributed by atoms with E-state index in [0.29, 0.717) is 11.4 Å². The van der Waals surface area contributed by atoms with Crippen molar-refractivity contribution in [1.29, 1.82) is 0 Å². The molecule has 1 aliphatic carbocycles. The Hall–Kier alpha value is -2.35. The summed E-state index contributed by atoms with van der Waals surface area (Å²) >= 11 is 0. The van der Waals surface area contributed by atoms with Gasteiger partial charge in [-0.2, -0.15) is 0 Å². The molecule has 27 heavy (non-hydrogen) atoms. The van der Waals surface area contributed by atoms with Crippen molar-refractivity contribution in [2.75, 3.05) is 0 Å². The van der Waals surface area contributed by atoms with E-state index in [1.54, 1.807) is 0 Å². The molecular weight excluding hydrogens is 399 g/mol. The summed E-state index contributed by atoms with van der Waals surface area (Å²) in [7, 11) is 0. The second-order valence-electron chi connectivity index (χ2n) is 5.97. The first-order valence-corrected chi connectivity index (χ1v) is 8.19. The molecule has 1 fully saturated rings. The normalized spacial score (nSPS) is 18.4. The van der Waals surface area contributed by atoms with E-state index in [9.17, 15) is 9.59 Å². The van der Waals surface area contributed by atoms with Crippen LogP contribution in [0, 0.1) is 0 Å². The van der Waals surface area contributed by atoms with Gasteiger partial charge in [-0.15, -0.1) is 0 Å². The number of aromatic carboxylic acids is 2. The minimum Gasteiger partial charge on any atom is -0.478 e. The number of carbonyl (C=O) groups is 2. The number of carboxylic acids is 2. The van der Waals surface area contributed by atoms with Gasteiger partial charge < -0.3 is 20.4 Å². The van der Waals surface area contributed by atoms with Crippen molar-refractivity contribution in [3.05, 3.63) is 47.8 Å². The Balaban J connectivity index is 0.000000342. The molecule has 0 radical (unpaired) electrons. The zero-order valence-electron chi connectivity index (χ0n) is 14.4. The van der Waals surface area contributed by atoms with E-state index in [1.165, 1.54) is 49.5 Å². The van der Waals surface area contributed by atoms with Crippen molar-refractivity contribution in [3.63, 3.8) is 0 Å². The molecule has 2 unspecified atom stereocenters. The van der Waals surface area contributed by atoms with E-state index < -0.39 is 11.9 Å². The van der Waals surface area contributed by atoms with Gasteiger partial charge in [-0.1, -0.05) is 0 Å². The van der Waals surface area contributed by atoms with Crippen LogP contribution in [0.5, 0.6) is 0 Å². The van der Waals surface area contributed by atoms with Gasteiger partial charge in [-0.3, -0.25) is 9.97 Å². The monoisotopic (exact) mass is 420 g/mol. The maximum Gasteiger partial charge on any atom is 0.335 e. The van der Waals surface area contributed by atoms with Gasteiger partial charge in [-0.25, -0.2) is 9.59 Å². The largest absolute Gasteiger partial charge is 0.478 e. The predicted octanol–water partition coefficient (Wildman–Crippen LogP) is 1.28. The van der Waals surface area contributed by atoms with Crippen molar-refractivity contribution in [2.45, 2.75) is 37.9 Å². The molecule has 0 spiro atoms. The Morgan fingerprint density at radius 3 is 1.52 bits per heavy atom. The molecule has 0 amide bonds. The molecule has 2 aromatic rings. The number of hydrogen-bond acceptors (Lipinski definition) is 4. The van der Waals surface area contributed by atoms with Crippen molar-refractivity contribution in [2.24, 2.45) is 0 Å². The maximum absolute atomic E-state index is 10.8. The van der Waals surface area contributed by atoms with E-state index in [4.69, 9.17) is 20.4 Å². The van der Waals surface area contributed by atoms with Gasteiger partial charge in [0, 0.05) is 41.7 Å². The first-order chi connectivity index (χ1) is 12.4. The van der Waals surface area contributed by atoms with Crippen molar-refractivity contribution < 1.29 is 46.5 Å². The summed E-state index contributed by atoms with van der Waals surface area (Å²) in [5, 5.41) is 32.3. The standard InChI is InChI=1S/C12H8N2O4.C6H12O2.Ni/c15-11(16)7-1-3-13-9(5-7)10-6-8(12(17)18)2-4-14-10;7-5-3-1-2-4-6(5)8;/h1-6H,(H,15,16)(H,17,18);5-8H,1-4H2;/p+2. The third-order valence-corrected chi connectivity index (χ3v) is 4.04. The van der Waals surface area contributed by atoms with Gasteiger partial charge in [0.1, 0.15) is 0 Å². The summed E-state index contributed by atoms with van der Waals surface area (Å²) < 4.78 is 0. The Kier molecular flexibility index (Phi) is 9.01. The topological polar surface area (TPSA) is 146 Å². The van der Waals surface area contributed by atoms with Crippen LogP contribution in [0.25, 0.3) is 11.4 Å². The fourth-order valence-electron chi connectivity index (χ4n) is 2.54. The van der Waals surface area contributed by atoms with Crippen LogP contribution in [0.3, 0.4) is 0 Å². The molecule has 2 heterocycles.